The van der Waals surface area contributed by atoms with E-state index < -0.39 is 0 Å². The van der Waals surface area contributed by atoms with Gasteiger partial charge in [0.05, 0.1) is 22.5 Å². The van der Waals surface area contributed by atoms with Crippen LogP contribution in [-0.4, -0.2) is 47.8 Å². The molecule has 10 heteroatoms. The van der Waals surface area contributed by atoms with Crippen molar-refractivity contribution >= 4 is 23.2 Å². The van der Waals surface area contributed by atoms with Gasteiger partial charge in [0.15, 0.2) is 0 Å². The number of hydrogen-bond donors (Lipinski definition) is 0. The molecule has 3 aromatic rings. The molecule has 0 spiro atoms. The molecule has 0 aliphatic heterocycles. The summed E-state index contributed by atoms with van der Waals surface area (Å²) in [6.07, 6.45) is 6.18. The number of carbonyl (C=O) groups excluding carboxylic acids is 2. The SMILES string of the molecule is CC(=N[N-]C(=[OH+])c1cccnc1)c1cccc(C(C)=N[N-]C(=[OH+])c2cccnc2)n1.[Ni+2]. The summed E-state index contributed by atoms with van der Waals surface area (Å²) in [5.74, 6) is -0.479. The van der Waals surface area contributed by atoms with Crippen molar-refractivity contribution in [3.8, 4) is 0 Å². The van der Waals surface area contributed by atoms with E-state index in [4.69, 9.17) is 0 Å². The first-order valence-electron chi connectivity index (χ1n) is 8.95. The molecule has 31 heavy (non-hydrogen) atoms. The molecule has 2 N–H and O–H groups in total. The van der Waals surface area contributed by atoms with Crippen molar-refractivity contribution in [3.63, 3.8) is 0 Å². The van der Waals surface area contributed by atoms with Crippen LogP contribution in [0.5, 0.6) is 0 Å². The number of pyridine rings is 3. The molecule has 2 amide bonds. The van der Waals surface area contributed by atoms with Crippen LogP contribution in [0, 0.1) is 0 Å². The van der Waals surface area contributed by atoms with Gasteiger partial charge < -0.3 is 21.1 Å². The third kappa shape index (κ3) is 6.62. The molecule has 0 bridgehead atoms. The maximum absolute atomic E-state index is 10.00. The van der Waals surface area contributed by atoms with Crippen LogP contribution in [0.4, 0.5) is 0 Å². The fraction of sp³-hybridized carbons (Fsp3) is 0.0952. The molecule has 0 radical (unpaired) electrons. The summed E-state index contributed by atoms with van der Waals surface area (Å²) in [6, 6.07) is 12.1. The molecule has 0 saturated carbocycles. The predicted octanol–water partition coefficient (Wildman–Crippen LogP) is 3.17. The van der Waals surface area contributed by atoms with Gasteiger partial charge in [0, 0.05) is 36.2 Å². The Labute approximate surface area is 189 Å². The van der Waals surface area contributed by atoms with Crippen molar-refractivity contribution < 1.29 is 26.1 Å². The molecule has 0 aromatic carbocycles. The van der Waals surface area contributed by atoms with E-state index in [0.29, 0.717) is 33.9 Å². The predicted molar refractivity (Wildman–Crippen MR) is 116 cm³/mol. The van der Waals surface area contributed by atoms with E-state index in [9.17, 15) is 9.59 Å². The Kier molecular flexibility index (Phi) is 8.66. The molecule has 158 valence electrons. The molecule has 9 nitrogen and oxygen atoms in total. The van der Waals surface area contributed by atoms with E-state index >= 15 is 0 Å². The van der Waals surface area contributed by atoms with Crippen molar-refractivity contribution in [3.05, 3.63) is 101 Å². The molecule has 0 atom stereocenters. The molecule has 0 aliphatic carbocycles. The Hall–Kier alpha value is -3.78. The van der Waals surface area contributed by atoms with Gasteiger partial charge in [-0.15, -0.1) is 0 Å². The quantitative estimate of drug-likeness (QED) is 0.242. The van der Waals surface area contributed by atoms with Crippen LogP contribution in [0.2, 0.25) is 0 Å². The summed E-state index contributed by atoms with van der Waals surface area (Å²) >= 11 is 0. The molecule has 0 aliphatic rings. The third-order valence-electron chi connectivity index (χ3n) is 3.92. The Bertz CT molecular complexity index is 1020. The summed E-state index contributed by atoms with van der Waals surface area (Å²) in [5.41, 5.74) is 10.7. The average molecular weight is 460 g/mol. The van der Waals surface area contributed by atoms with E-state index in [2.05, 4.69) is 36.0 Å². The minimum atomic E-state index is -0.239. The number of rotatable bonds is 6. The molecule has 0 unspecified atom stereocenters. The Balaban J connectivity index is 0.00000341. The van der Waals surface area contributed by atoms with Gasteiger partial charge in [-0.3, -0.25) is 19.6 Å². The molecule has 0 saturated heterocycles. The normalized spacial score (nSPS) is 11.3. The van der Waals surface area contributed by atoms with Gasteiger partial charge in [-0.2, -0.15) is 0 Å². The molecule has 0 fully saturated rings. The fourth-order valence-corrected chi connectivity index (χ4v) is 2.29. The number of nitrogens with zero attached hydrogens (tertiary/aromatic N) is 7. The molecular weight excluding hydrogens is 441 g/mol. The van der Waals surface area contributed by atoms with Crippen molar-refractivity contribution in [2.24, 2.45) is 10.2 Å². The smallest absolute Gasteiger partial charge is 0.490 e. The Morgan fingerprint density at radius 3 is 1.58 bits per heavy atom. The average Bonchev–Trinajstić information content (AvgIpc) is 2.81. The number of hydrogen-bond acceptors (Lipinski definition) is 5. The molecule has 3 rings (SSSR count). The van der Waals surface area contributed by atoms with Crippen molar-refractivity contribution in [1.29, 1.82) is 0 Å². The minimum absolute atomic E-state index is 0. The van der Waals surface area contributed by atoms with Gasteiger partial charge in [0.25, 0.3) is 11.8 Å². The van der Waals surface area contributed by atoms with Gasteiger partial charge >= 0.3 is 16.5 Å². The maximum atomic E-state index is 10.00. The summed E-state index contributed by atoms with van der Waals surface area (Å²) in [6.45, 7) is 3.45. The Morgan fingerprint density at radius 1 is 0.742 bits per heavy atom. The first-order valence-corrected chi connectivity index (χ1v) is 8.95. The van der Waals surface area contributed by atoms with Crippen LogP contribution in [0.15, 0.2) is 77.5 Å². The largest absolute Gasteiger partial charge is 2.00 e. The first-order chi connectivity index (χ1) is 14.5. The minimum Gasteiger partial charge on any atom is -0.490 e. The second-order valence-electron chi connectivity index (χ2n) is 6.11. The van der Waals surface area contributed by atoms with Gasteiger partial charge in [0.1, 0.15) is 0 Å². The topological polar surface area (TPSA) is 134 Å². The number of amides is 2. The van der Waals surface area contributed by atoms with Gasteiger partial charge in [-0.25, -0.2) is 4.98 Å². The van der Waals surface area contributed by atoms with E-state index in [1.807, 2.05) is 0 Å². The molecular formula is C21H19N7NiO2+2. The second kappa shape index (κ2) is 11.4. The van der Waals surface area contributed by atoms with Crippen molar-refractivity contribution in [1.82, 2.24) is 15.0 Å². The van der Waals surface area contributed by atoms with E-state index in [1.54, 1.807) is 68.7 Å². The maximum Gasteiger partial charge on any atom is 2.00 e. The zero-order chi connectivity index (χ0) is 21.3. The summed E-state index contributed by atoms with van der Waals surface area (Å²) in [4.78, 5) is 32.3. The number of aromatic nitrogens is 3. The first kappa shape index (κ1) is 23.5. The van der Waals surface area contributed by atoms with E-state index in [1.165, 1.54) is 12.4 Å². The van der Waals surface area contributed by atoms with Crippen LogP contribution >= 0.6 is 0 Å². The zero-order valence-electron chi connectivity index (χ0n) is 16.7. The van der Waals surface area contributed by atoms with Crippen LogP contribution in [-0.2, 0) is 16.5 Å². The molecule has 3 heterocycles. The van der Waals surface area contributed by atoms with Gasteiger partial charge in [-0.05, 0) is 50.2 Å². The zero-order valence-corrected chi connectivity index (χ0v) is 17.7. The van der Waals surface area contributed by atoms with Crippen molar-refractivity contribution in [2.45, 2.75) is 13.8 Å². The molecule has 3 aromatic heterocycles. The Morgan fingerprint density at radius 2 is 1.19 bits per heavy atom. The summed E-state index contributed by atoms with van der Waals surface area (Å²) in [5, 5.41) is 8.07. The fourth-order valence-electron chi connectivity index (χ4n) is 2.29. The van der Waals surface area contributed by atoms with E-state index in [-0.39, 0.29) is 28.3 Å². The summed E-state index contributed by atoms with van der Waals surface area (Å²) < 4.78 is 0. The van der Waals surface area contributed by atoms with Gasteiger partial charge in [-0.1, -0.05) is 6.07 Å². The second-order valence-corrected chi connectivity index (χ2v) is 6.11. The van der Waals surface area contributed by atoms with Crippen LogP contribution in [0.25, 0.3) is 10.9 Å². The summed E-state index contributed by atoms with van der Waals surface area (Å²) in [7, 11) is 0. The third-order valence-corrected chi connectivity index (χ3v) is 3.92. The van der Waals surface area contributed by atoms with Crippen molar-refractivity contribution in [2.75, 3.05) is 0 Å². The standard InChI is InChI=1S/C21H19N7O2.Ni/c1-14(25-27-20(29)16-6-4-10-22-12-16)18-8-3-9-19(24-18)15(2)26-28-21(30)17-7-5-11-23-13-17;/h3-13H,1-2H3,(H2,24,27,28,29,30);/q;+2. The van der Waals surface area contributed by atoms with Crippen LogP contribution < -0.4 is 0 Å². The van der Waals surface area contributed by atoms with Gasteiger partial charge in [0.2, 0.25) is 0 Å². The monoisotopic (exact) mass is 459 g/mol. The van der Waals surface area contributed by atoms with Crippen LogP contribution in [0.3, 0.4) is 0 Å². The van der Waals surface area contributed by atoms with E-state index in [0.717, 1.165) is 0 Å². The van der Waals surface area contributed by atoms with Crippen LogP contribution in [0.1, 0.15) is 36.4 Å².